The summed E-state index contributed by atoms with van der Waals surface area (Å²) in [7, 11) is 0. The second-order valence-electron chi connectivity index (χ2n) is 8.87. The van der Waals surface area contributed by atoms with Gasteiger partial charge < -0.3 is 32.6 Å². The van der Waals surface area contributed by atoms with Gasteiger partial charge in [-0.05, 0) is 43.6 Å². The van der Waals surface area contributed by atoms with Gasteiger partial charge in [-0.15, -0.1) is 0 Å². The first kappa shape index (κ1) is 27.6. The number of fused-ring (bicyclic) bond motifs is 1. The van der Waals surface area contributed by atoms with E-state index in [1.54, 1.807) is 12.1 Å². The number of carbonyl (C=O) groups excluding carboxylic acids is 3. The molecule has 0 saturated carbocycles. The molecule has 3 unspecified atom stereocenters. The molecule has 10 nitrogen and oxygen atoms in total. The molecule has 2 amide bonds. The number of hydrogen-bond acceptors (Lipinski definition) is 6. The summed E-state index contributed by atoms with van der Waals surface area (Å²) < 4.78 is 5.67. The maximum absolute atomic E-state index is 13.1. The summed E-state index contributed by atoms with van der Waals surface area (Å²) in [5, 5.41) is 6.97. The Morgan fingerprint density at radius 1 is 0.971 bits per heavy atom. The molecule has 0 radical (unpaired) electrons. The van der Waals surface area contributed by atoms with Crippen LogP contribution in [0.4, 0.5) is 0 Å². The van der Waals surface area contributed by atoms with Crippen LogP contribution in [0.5, 0.6) is 5.75 Å². The Kier molecular flexibility index (Phi) is 10.5. The molecule has 2 rings (SSSR count). The van der Waals surface area contributed by atoms with Crippen LogP contribution in [0.25, 0.3) is 10.8 Å². The summed E-state index contributed by atoms with van der Waals surface area (Å²) in [6, 6.07) is 10.3. The molecule has 10 heteroatoms. The summed E-state index contributed by atoms with van der Waals surface area (Å²) in [5.74, 6) is -1.02. The summed E-state index contributed by atoms with van der Waals surface area (Å²) in [4.78, 5) is 42.1. The fraction of sp³-hybridized carbons (Fsp3) is 0.440. The van der Waals surface area contributed by atoms with Gasteiger partial charge in [0.2, 0.25) is 11.8 Å². The Balaban J connectivity index is 2.10. The van der Waals surface area contributed by atoms with Crippen molar-refractivity contribution in [2.45, 2.75) is 58.2 Å². The maximum Gasteiger partial charge on any atom is 0.334 e. The zero-order chi connectivity index (χ0) is 26.0. The van der Waals surface area contributed by atoms with E-state index in [1.807, 2.05) is 44.2 Å². The molecule has 0 heterocycles. The van der Waals surface area contributed by atoms with Crippen LogP contribution in [-0.2, 0) is 14.4 Å². The topological polar surface area (TPSA) is 175 Å². The van der Waals surface area contributed by atoms with Crippen LogP contribution < -0.4 is 32.6 Å². The SMILES string of the molecule is CC(C)CC(N)C(=O)NC(C)C(=O)NC(CCCN=C(N)N)C(=O)Oc1cccc2ccccc12. The summed E-state index contributed by atoms with van der Waals surface area (Å²) in [6.45, 7) is 5.73. The lowest BCUT2D eigenvalue weighted by Crippen LogP contribution is -2.54. The first-order chi connectivity index (χ1) is 16.6. The fourth-order valence-electron chi connectivity index (χ4n) is 3.51. The zero-order valence-corrected chi connectivity index (χ0v) is 20.5. The molecule has 0 aromatic heterocycles. The van der Waals surface area contributed by atoms with E-state index in [9.17, 15) is 14.4 Å². The van der Waals surface area contributed by atoms with Gasteiger partial charge in [0.25, 0.3) is 0 Å². The molecule has 8 N–H and O–H groups in total. The van der Waals surface area contributed by atoms with Crippen molar-refractivity contribution < 1.29 is 19.1 Å². The van der Waals surface area contributed by atoms with Crippen LogP contribution in [0.15, 0.2) is 47.5 Å². The average molecular weight is 485 g/mol. The molecule has 0 aliphatic carbocycles. The third kappa shape index (κ3) is 8.90. The lowest BCUT2D eigenvalue weighted by molar-refractivity contribution is -0.140. The van der Waals surface area contributed by atoms with Crippen LogP contribution in [-0.4, -0.2) is 48.4 Å². The number of esters is 1. The smallest absolute Gasteiger partial charge is 0.334 e. The largest absolute Gasteiger partial charge is 0.424 e. The first-order valence-corrected chi connectivity index (χ1v) is 11.7. The highest BCUT2D eigenvalue weighted by atomic mass is 16.5. The van der Waals surface area contributed by atoms with Crippen LogP contribution in [0.2, 0.25) is 0 Å². The molecule has 2 aromatic carbocycles. The van der Waals surface area contributed by atoms with Gasteiger partial charge in [0, 0.05) is 11.9 Å². The van der Waals surface area contributed by atoms with E-state index in [2.05, 4.69) is 15.6 Å². The minimum atomic E-state index is -0.973. The van der Waals surface area contributed by atoms with Crippen LogP contribution in [0.3, 0.4) is 0 Å². The first-order valence-electron chi connectivity index (χ1n) is 11.7. The van der Waals surface area contributed by atoms with Crippen LogP contribution in [0, 0.1) is 5.92 Å². The molecule has 0 bridgehead atoms. The van der Waals surface area contributed by atoms with E-state index in [-0.39, 0.29) is 24.8 Å². The van der Waals surface area contributed by atoms with Crippen molar-refractivity contribution in [3.63, 3.8) is 0 Å². The standard InChI is InChI=1S/C25H36N6O4/c1-15(2)14-19(26)23(33)30-16(3)22(32)31-20(11-7-13-29-25(27)28)24(34)35-21-12-6-9-17-8-4-5-10-18(17)21/h4-6,8-10,12,15-16,19-20H,7,11,13-14,26H2,1-3H3,(H,30,33)(H,31,32)(H4,27,28,29). The number of ether oxygens (including phenoxy) is 1. The molecule has 0 aliphatic heterocycles. The Labute approximate surface area is 205 Å². The van der Waals surface area contributed by atoms with Crippen molar-refractivity contribution >= 4 is 34.5 Å². The van der Waals surface area contributed by atoms with E-state index in [4.69, 9.17) is 21.9 Å². The van der Waals surface area contributed by atoms with Gasteiger partial charge in [-0.25, -0.2) is 4.79 Å². The normalized spacial score (nSPS) is 13.5. The van der Waals surface area contributed by atoms with E-state index in [0.29, 0.717) is 18.6 Å². The summed E-state index contributed by atoms with van der Waals surface area (Å²) >= 11 is 0. The lowest BCUT2D eigenvalue weighted by atomic mass is 10.0. The van der Waals surface area contributed by atoms with Gasteiger partial charge in [-0.2, -0.15) is 0 Å². The van der Waals surface area contributed by atoms with Crippen molar-refractivity contribution in [1.82, 2.24) is 10.6 Å². The van der Waals surface area contributed by atoms with Crippen molar-refractivity contribution in [1.29, 1.82) is 0 Å². The van der Waals surface area contributed by atoms with Gasteiger partial charge >= 0.3 is 5.97 Å². The highest BCUT2D eigenvalue weighted by Gasteiger charge is 2.27. The molecular formula is C25H36N6O4. The number of amides is 2. The predicted octanol–water partition coefficient (Wildman–Crippen LogP) is 1.16. The van der Waals surface area contributed by atoms with Crippen LogP contribution in [0.1, 0.15) is 40.0 Å². The number of nitrogens with zero attached hydrogens (tertiary/aromatic N) is 1. The summed E-state index contributed by atoms with van der Waals surface area (Å²) in [6.07, 6.45) is 1.15. The molecule has 0 spiro atoms. The van der Waals surface area contributed by atoms with E-state index in [0.717, 1.165) is 10.8 Å². The number of rotatable bonds is 12. The van der Waals surface area contributed by atoms with Gasteiger partial charge in [-0.3, -0.25) is 14.6 Å². The van der Waals surface area contributed by atoms with Gasteiger partial charge in [-0.1, -0.05) is 50.2 Å². The lowest BCUT2D eigenvalue weighted by Gasteiger charge is -2.22. The van der Waals surface area contributed by atoms with Crippen molar-refractivity contribution in [2.75, 3.05) is 6.54 Å². The molecule has 2 aromatic rings. The van der Waals surface area contributed by atoms with Crippen molar-refractivity contribution in [2.24, 2.45) is 28.1 Å². The molecule has 0 fully saturated rings. The minimum absolute atomic E-state index is 0.0574. The van der Waals surface area contributed by atoms with Gasteiger partial charge in [0.15, 0.2) is 5.96 Å². The molecular weight excluding hydrogens is 448 g/mol. The Morgan fingerprint density at radius 2 is 1.66 bits per heavy atom. The zero-order valence-electron chi connectivity index (χ0n) is 20.5. The number of aliphatic imine (C=N–C) groups is 1. The molecule has 0 aliphatic rings. The number of guanidine groups is 1. The molecule has 35 heavy (non-hydrogen) atoms. The van der Waals surface area contributed by atoms with E-state index in [1.165, 1.54) is 6.92 Å². The highest BCUT2D eigenvalue weighted by molar-refractivity contribution is 5.94. The van der Waals surface area contributed by atoms with Crippen LogP contribution >= 0.6 is 0 Å². The summed E-state index contributed by atoms with van der Waals surface area (Å²) in [5.41, 5.74) is 16.6. The van der Waals surface area contributed by atoms with Gasteiger partial charge in [0.1, 0.15) is 17.8 Å². The van der Waals surface area contributed by atoms with E-state index < -0.39 is 35.9 Å². The molecule has 190 valence electrons. The van der Waals surface area contributed by atoms with Crippen molar-refractivity contribution in [3.05, 3.63) is 42.5 Å². The number of carbonyl (C=O) groups is 3. The van der Waals surface area contributed by atoms with Gasteiger partial charge in [0.05, 0.1) is 6.04 Å². The number of nitrogens with two attached hydrogens (primary N) is 3. The third-order valence-corrected chi connectivity index (χ3v) is 5.32. The Hall–Kier alpha value is -3.66. The molecule has 0 saturated heterocycles. The predicted molar refractivity (Wildman–Crippen MR) is 136 cm³/mol. The number of hydrogen-bond donors (Lipinski definition) is 5. The quantitative estimate of drug-likeness (QED) is 0.0987. The second kappa shape index (κ2) is 13.3. The second-order valence-corrected chi connectivity index (χ2v) is 8.87. The Bertz CT molecular complexity index is 1050. The average Bonchev–Trinajstić information content (AvgIpc) is 2.80. The monoisotopic (exact) mass is 484 g/mol. The van der Waals surface area contributed by atoms with Crippen molar-refractivity contribution in [3.8, 4) is 5.75 Å². The maximum atomic E-state index is 13.1. The fourth-order valence-corrected chi connectivity index (χ4v) is 3.51. The number of nitrogens with one attached hydrogen (secondary N) is 2. The molecule has 3 atom stereocenters. The highest BCUT2D eigenvalue weighted by Crippen LogP contribution is 2.25. The number of benzene rings is 2. The third-order valence-electron chi connectivity index (χ3n) is 5.32. The minimum Gasteiger partial charge on any atom is -0.424 e. The van der Waals surface area contributed by atoms with E-state index >= 15 is 0 Å². The Morgan fingerprint density at radius 3 is 2.34 bits per heavy atom.